The summed E-state index contributed by atoms with van der Waals surface area (Å²) in [4.78, 5) is 0. The lowest BCUT2D eigenvalue weighted by atomic mass is 9.87. The smallest absolute Gasteiger partial charge is 0.112 e. The van der Waals surface area contributed by atoms with E-state index in [9.17, 15) is 5.26 Å². The zero-order valence-corrected chi connectivity index (χ0v) is 12.3. The van der Waals surface area contributed by atoms with Gasteiger partial charge in [0.05, 0.1) is 16.1 Å². The van der Waals surface area contributed by atoms with Crippen molar-refractivity contribution >= 4 is 23.2 Å². The van der Waals surface area contributed by atoms with Crippen LogP contribution in [-0.2, 0) is 12.8 Å². The van der Waals surface area contributed by atoms with Crippen molar-refractivity contribution in [1.29, 1.82) is 5.26 Å². The maximum Gasteiger partial charge on any atom is 0.112 e. The lowest BCUT2D eigenvalue weighted by Gasteiger charge is -2.22. The Kier molecular flexibility index (Phi) is 4.67. The number of rotatable bonds is 4. The molecule has 20 heavy (non-hydrogen) atoms. The van der Waals surface area contributed by atoms with Crippen LogP contribution in [0, 0.1) is 11.3 Å². The van der Waals surface area contributed by atoms with Crippen LogP contribution in [0.5, 0.6) is 0 Å². The maximum atomic E-state index is 9.42. The Morgan fingerprint density at radius 3 is 2.35 bits per heavy atom. The molecule has 2 aromatic carbocycles. The summed E-state index contributed by atoms with van der Waals surface area (Å²) in [6.07, 6.45) is 0.824. The summed E-state index contributed by atoms with van der Waals surface area (Å²) in [5.74, 6) is 0. The van der Waals surface area contributed by atoms with Crippen molar-refractivity contribution in [2.24, 2.45) is 5.73 Å². The highest BCUT2D eigenvalue weighted by Crippen LogP contribution is 2.28. The summed E-state index contributed by atoms with van der Waals surface area (Å²) < 4.78 is 0. The van der Waals surface area contributed by atoms with Crippen LogP contribution in [0.4, 0.5) is 0 Å². The first-order chi connectivity index (χ1) is 9.54. The lowest BCUT2D eigenvalue weighted by molar-refractivity contribution is 0.535. The molecule has 0 fully saturated rings. The number of nitrogens with two attached hydrogens (primary N) is 1. The van der Waals surface area contributed by atoms with Crippen molar-refractivity contribution in [3.05, 3.63) is 69.7 Å². The molecule has 0 aliphatic heterocycles. The van der Waals surface area contributed by atoms with Crippen LogP contribution in [0.2, 0.25) is 10.0 Å². The van der Waals surface area contributed by atoms with Gasteiger partial charge in [0.1, 0.15) is 5.54 Å². The second-order valence-electron chi connectivity index (χ2n) is 4.82. The van der Waals surface area contributed by atoms with Gasteiger partial charge in [0.2, 0.25) is 0 Å². The Morgan fingerprint density at radius 2 is 1.70 bits per heavy atom. The summed E-state index contributed by atoms with van der Waals surface area (Å²) in [5, 5.41) is 10.4. The SMILES string of the molecule is N#CC(N)(Cc1ccccc1)Cc1cccc(Cl)c1Cl. The molecule has 1 atom stereocenters. The minimum atomic E-state index is -1.00. The Hall–Kier alpha value is -1.53. The summed E-state index contributed by atoms with van der Waals surface area (Å²) in [6, 6.07) is 17.3. The Balaban J connectivity index is 2.24. The first-order valence-electron chi connectivity index (χ1n) is 6.21. The van der Waals surface area contributed by atoms with Crippen molar-refractivity contribution in [3.8, 4) is 6.07 Å². The molecule has 0 saturated heterocycles. The van der Waals surface area contributed by atoms with Crippen LogP contribution < -0.4 is 5.73 Å². The molecule has 0 aliphatic rings. The minimum absolute atomic E-state index is 0.359. The van der Waals surface area contributed by atoms with Crippen LogP contribution in [0.3, 0.4) is 0 Å². The highest BCUT2D eigenvalue weighted by atomic mass is 35.5. The number of nitriles is 1. The fraction of sp³-hybridized carbons (Fsp3) is 0.188. The molecule has 1 unspecified atom stereocenters. The summed E-state index contributed by atoms with van der Waals surface area (Å²) >= 11 is 12.2. The Morgan fingerprint density at radius 1 is 1.00 bits per heavy atom. The first-order valence-corrected chi connectivity index (χ1v) is 6.97. The highest BCUT2D eigenvalue weighted by molar-refractivity contribution is 6.42. The van der Waals surface area contributed by atoms with Gasteiger partial charge >= 0.3 is 0 Å². The van der Waals surface area contributed by atoms with Gasteiger partial charge in [-0.2, -0.15) is 5.26 Å². The van der Waals surface area contributed by atoms with Gasteiger partial charge in [-0.05, 0) is 17.2 Å². The van der Waals surface area contributed by atoms with Crippen LogP contribution in [0.25, 0.3) is 0 Å². The first kappa shape index (κ1) is 14.9. The van der Waals surface area contributed by atoms with E-state index in [-0.39, 0.29) is 0 Å². The normalized spacial score (nSPS) is 13.5. The third-order valence-corrected chi connectivity index (χ3v) is 3.98. The Bertz CT molecular complexity index is 635. The van der Waals surface area contributed by atoms with E-state index in [1.165, 1.54) is 0 Å². The summed E-state index contributed by atoms with van der Waals surface area (Å²) in [7, 11) is 0. The van der Waals surface area contributed by atoms with E-state index in [1.54, 1.807) is 6.07 Å². The minimum Gasteiger partial charge on any atom is -0.313 e. The van der Waals surface area contributed by atoms with Gasteiger partial charge < -0.3 is 5.73 Å². The van der Waals surface area contributed by atoms with Crippen LogP contribution in [-0.4, -0.2) is 5.54 Å². The number of nitrogens with zero attached hydrogens (tertiary/aromatic N) is 1. The quantitative estimate of drug-likeness (QED) is 0.928. The molecule has 0 radical (unpaired) electrons. The fourth-order valence-electron chi connectivity index (χ4n) is 2.13. The summed E-state index contributed by atoms with van der Waals surface area (Å²) in [6.45, 7) is 0. The van der Waals surface area contributed by atoms with Crippen molar-refractivity contribution in [1.82, 2.24) is 0 Å². The predicted molar refractivity (Wildman–Crippen MR) is 82.8 cm³/mol. The van der Waals surface area contributed by atoms with Crippen molar-refractivity contribution in [3.63, 3.8) is 0 Å². The highest BCUT2D eigenvalue weighted by Gasteiger charge is 2.27. The molecule has 0 spiro atoms. The van der Waals surface area contributed by atoms with E-state index >= 15 is 0 Å². The fourth-order valence-corrected chi connectivity index (χ4v) is 2.51. The maximum absolute atomic E-state index is 9.42. The van der Waals surface area contributed by atoms with E-state index in [1.807, 2.05) is 42.5 Å². The molecule has 2 N–H and O–H groups in total. The molecule has 0 heterocycles. The molecule has 2 rings (SSSR count). The average Bonchev–Trinajstić information content (AvgIpc) is 2.45. The van der Waals surface area contributed by atoms with Gasteiger partial charge in [-0.25, -0.2) is 0 Å². The molecule has 2 nitrogen and oxygen atoms in total. The van der Waals surface area contributed by atoms with Crippen LogP contribution in [0.1, 0.15) is 11.1 Å². The molecule has 0 bridgehead atoms. The third-order valence-electron chi connectivity index (χ3n) is 3.12. The van der Waals surface area contributed by atoms with Crippen molar-refractivity contribution in [2.75, 3.05) is 0 Å². The monoisotopic (exact) mass is 304 g/mol. The zero-order chi connectivity index (χ0) is 14.6. The van der Waals surface area contributed by atoms with Crippen LogP contribution >= 0.6 is 23.2 Å². The zero-order valence-electron chi connectivity index (χ0n) is 10.8. The van der Waals surface area contributed by atoms with Gasteiger partial charge in [0.15, 0.2) is 0 Å². The molecule has 0 saturated carbocycles. The largest absolute Gasteiger partial charge is 0.313 e. The number of hydrogen-bond acceptors (Lipinski definition) is 2. The molecule has 102 valence electrons. The molecule has 4 heteroatoms. The molecule has 2 aromatic rings. The lowest BCUT2D eigenvalue weighted by Crippen LogP contribution is -2.42. The average molecular weight is 305 g/mol. The van der Waals surface area contributed by atoms with Gasteiger partial charge in [-0.3, -0.25) is 0 Å². The Labute approximate surface area is 128 Å². The van der Waals surface area contributed by atoms with Gasteiger partial charge in [-0.1, -0.05) is 65.7 Å². The summed E-state index contributed by atoms with van der Waals surface area (Å²) in [5.41, 5.74) is 7.03. The number of halogens is 2. The topological polar surface area (TPSA) is 49.8 Å². The third kappa shape index (κ3) is 3.52. The molecular weight excluding hydrogens is 291 g/mol. The molecular formula is C16H14Cl2N2. The molecule has 0 aromatic heterocycles. The van der Waals surface area contributed by atoms with Gasteiger partial charge in [0.25, 0.3) is 0 Å². The second kappa shape index (κ2) is 6.28. The number of hydrogen-bond donors (Lipinski definition) is 1. The van der Waals surface area contributed by atoms with E-state index < -0.39 is 5.54 Å². The van der Waals surface area contributed by atoms with E-state index in [0.29, 0.717) is 22.9 Å². The van der Waals surface area contributed by atoms with E-state index in [2.05, 4.69) is 6.07 Å². The second-order valence-corrected chi connectivity index (χ2v) is 5.61. The predicted octanol–water partition coefficient (Wildman–Crippen LogP) is 4.00. The van der Waals surface area contributed by atoms with Crippen LogP contribution in [0.15, 0.2) is 48.5 Å². The molecule has 0 amide bonds. The standard InChI is InChI=1S/C16H14Cl2N2/c17-14-8-4-7-13(15(14)18)10-16(20,11-19)9-12-5-2-1-3-6-12/h1-8H,9-10,20H2. The van der Waals surface area contributed by atoms with Gasteiger partial charge in [0, 0.05) is 12.8 Å². The molecule has 0 aliphatic carbocycles. The van der Waals surface area contributed by atoms with E-state index in [0.717, 1.165) is 11.1 Å². The van der Waals surface area contributed by atoms with E-state index in [4.69, 9.17) is 28.9 Å². The van der Waals surface area contributed by atoms with Gasteiger partial charge in [-0.15, -0.1) is 0 Å². The van der Waals surface area contributed by atoms with Crippen molar-refractivity contribution in [2.45, 2.75) is 18.4 Å². The number of benzene rings is 2. The van der Waals surface area contributed by atoms with Crippen molar-refractivity contribution < 1.29 is 0 Å².